The summed E-state index contributed by atoms with van der Waals surface area (Å²) < 4.78 is 4.40. The van der Waals surface area contributed by atoms with Crippen molar-refractivity contribution in [2.45, 2.75) is 18.5 Å². The molecule has 6 heteroatoms. The fourth-order valence-corrected chi connectivity index (χ4v) is 0.793. The van der Waals surface area contributed by atoms with Crippen molar-refractivity contribution < 1.29 is 30.0 Å². The molecule has 0 fully saturated rings. The van der Waals surface area contributed by atoms with Gasteiger partial charge in [-0.15, -0.1) is 0 Å². The molecule has 0 spiro atoms. The molecule has 0 aromatic heterocycles. The minimum atomic E-state index is -1.70. The number of ether oxygens (including phenoxy) is 1. The van der Waals surface area contributed by atoms with Gasteiger partial charge in [-0.1, -0.05) is 0 Å². The van der Waals surface area contributed by atoms with Crippen LogP contribution in [0.2, 0.25) is 0 Å². The first-order valence-electron chi connectivity index (χ1n) is 3.17. The van der Waals surface area contributed by atoms with Crippen LogP contribution in [0.1, 0.15) is 0 Å². The van der Waals surface area contributed by atoms with E-state index in [9.17, 15) is 4.79 Å². The zero-order valence-electron chi connectivity index (χ0n) is 5.91. The van der Waals surface area contributed by atoms with Crippen molar-refractivity contribution in [2.75, 3.05) is 0 Å². The average molecular weight is 176 g/mol. The maximum Gasteiger partial charge on any atom is 0.337 e. The van der Waals surface area contributed by atoms with Crippen molar-refractivity contribution in [1.82, 2.24) is 0 Å². The van der Waals surface area contributed by atoms with Gasteiger partial charge in [0.1, 0.15) is 5.76 Å². The molecule has 0 saturated heterocycles. The number of aliphatic hydroxyl groups excluding tert-OH is 3. The van der Waals surface area contributed by atoms with Gasteiger partial charge in [0.15, 0.2) is 18.5 Å². The van der Waals surface area contributed by atoms with Gasteiger partial charge in [-0.25, -0.2) is 4.79 Å². The Morgan fingerprint density at radius 1 is 1.50 bits per heavy atom. The summed E-state index contributed by atoms with van der Waals surface area (Å²) in [5, 5.41) is 35.0. The lowest BCUT2D eigenvalue weighted by molar-refractivity contribution is -0.198. The third-order valence-corrected chi connectivity index (χ3v) is 1.42. The summed E-state index contributed by atoms with van der Waals surface area (Å²) in [4.78, 5) is 10.3. The highest BCUT2D eigenvalue weighted by atomic mass is 16.6. The molecule has 0 amide bonds. The maximum atomic E-state index is 10.3. The summed E-state index contributed by atoms with van der Waals surface area (Å²) >= 11 is 0. The molecule has 4 N–H and O–H groups in total. The van der Waals surface area contributed by atoms with Gasteiger partial charge in [-0.3, -0.25) is 0 Å². The van der Waals surface area contributed by atoms with Crippen LogP contribution in [0, 0.1) is 0 Å². The Labute approximate surface area is 67.3 Å². The van der Waals surface area contributed by atoms with E-state index in [1.165, 1.54) is 0 Å². The van der Waals surface area contributed by atoms with Crippen molar-refractivity contribution in [3.05, 3.63) is 11.8 Å². The highest BCUT2D eigenvalue weighted by molar-refractivity contribution is 5.75. The topological polar surface area (TPSA) is 107 Å². The van der Waals surface area contributed by atoms with Gasteiger partial charge in [-0.05, 0) is 6.08 Å². The molecular weight excluding hydrogens is 168 g/mol. The second-order valence-electron chi connectivity index (χ2n) is 2.32. The Hall–Kier alpha value is -1.11. The van der Waals surface area contributed by atoms with Crippen molar-refractivity contribution >= 4 is 5.97 Å². The van der Waals surface area contributed by atoms with Crippen LogP contribution in [-0.2, 0) is 9.53 Å². The Morgan fingerprint density at radius 3 is 2.50 bits per heavy atom. The van der Waals surface area contributed by atoms with Gasteiger partial charge >= 0.3 is 5.97 Å². The summed E-state index contributed by atoms with van der Waals surface area (Å²) in [5.74, 6) is -1.94. The van der Waals surface area contributed by atoms with E-state index < -0.39 is 30.2 Å². The summed E-state index contributed by atoms with van der Waals surface area (Å²) in [5.41, 5.74) is 0. The fraction of sp³-hybridized carbons (Fsp3) is 0.500. The fourth-order valence-electron chi connectivity index (χ4n) is 0.793. The molecule has 1 aliphatic heterocycles. The molecule has 0 bridgehead atoms. The Kier molecular flexibility index (Phi) is 2.32. The molecule has 0 aliphatic carbocycles. The van der Waals surface area contributed by atoms with Crippen LogP contribution < -0.4 is 0 Å². The maximum absolute atomic E-state index is 10.3. The average Bonchev–Trinajstić information content (AvgIpc) is 1.99. The number of carboxylic acid groups (broad SMARTS) is 1. The standard InChI is InChI=1S/C6H8O6/c7-2-1-3(5(9)10)12-6(11)4(2)8/h1,3-4,6-8,11H,(H,9,10)/t3-,4-,6+/m0/s1. The zero-order chi connectivity index (χ0) is 9.30. The van der Waals surface area contributed by atoms with Crippen LogP contribution in [0.4, 0.5) is 0 Å². The molecule has 3 atom stereocenters. The summed E-state index contributed by atoms with van der Waals surface area (Å²) in [6.07, 6.45) is -3.86. The predicted molar refractivity (Wildman–Crippen MR) is 35.2 cm³/mol. The monoisotopic (exact) mass is 176 g/mol. The molecule has 1 rings (SSSR count). The van der Waals surface area contributed by atoms with Crippen LogP contribution >= 0.6 is 0 Å². The van der Waals surface area contributed by atoms with Crippen molar-refractivity contribution in [2.24, 2.45) is 0 Å². The number of aliphatic carboxylic acids is 1. The predicted octanol–water partition coefficient (Wildman–Crippen LogP) is -1.41. The van der Waals surface area contributed by atoms with Crippen molar-refractivity contribution in [1.29, 1.82) is 0 Å². The van der Waals surface area contributed by atoms with Crippen LogP contribution in [0.25, 0.3) is 0 Å². The lowest BCUT2D eigenvalue weighted by atomic mass is 10.1. The molecule has 0 unspecified atom stereocenters. The van der Waals surface area contributed by atoms with Gasteiger partial charge in [-0.2, -0.15) is 0 Å². The lowest BCUT2D eigenvalue weighted by Crippen LogP contribution is -2.41. The second kappa shape index (κ2) is 3.10. The van der Waals surface area contributed by atoms with Gasteiger partial charge < -0.3 is 25.2 Å². The summed E-state index contributed by atoms with van der Waals surface area (Å²) in [6.45, 7) is 0. The third-order valence-electron chi connectivity index (χ3n) is 1.42. The number of carboxylic acids is 1. The SMILES string of the molecule is O=C(O)[C@@H]1C=C(O)[C@H](O)[C@H](O)O1. The minimum absolute atomic E-state index is 0.596. The molecule has 0 saturated carbocycles. The number of aliphatic hydroxyl groups is 3. The Morgan fingerprint density at radius 2 is 2.08 bits per heavy atom. The van der Waals surface area contributed by atoms with Crippen molar-refractivity contribution in [3.63, 3.8) is 0 Å². The molecule has 1 heterocycles. The van der Waals surface area contributed by atoms with E-state index in [4.69, 9.17) is 20.4 Å². The lowest BCUT2D eigenvalue weighted by Gasteiger charge is -2.25. The zero-order valence-corrected chi connectivity index (χ0v) is 5.91. The van der Waals surface area contributed by atoms with E-state index in [-0.39, 0.29) is 0 Å². The van der Waals surface area contributed by atoms with Gasteiger partial charge in [0, 0.05) is 0 Å². The number of hydrogen-bond donors (Lipinski definition) is 4. The van der Waals surface area contributed by atoms with E-state index in [0.717, 1.165) is 6.08 Å². The van der Waals surface area contributed by atoms with Crippen molar-refractivity contribution in [3.8, 4) is 0 Å². The largest absolute Gasteiger partial charge is 0.510 e. The number of rotatable bonds is 1. The molecular formula is C6H8O6. The van der Waals surface area contributed by atoms with Gasteiger partial charge in [0.25, 0.3) is 0 Å². The third kappa shape index (κ3) is 1.55. The Balaban J connectivity index is 2.80. The van der Waals surface area contributed by atoms with Gasteiger partial charge in [0.2, 0.25) is 0 Å². The van der Waals surface area contributed by atoms with Crippen LogP contribution in [-0.4, -0.2) is 44.9 Å². The summed E-state index contributed by atoms with van der Waals surface area (Å²) in [7, 11) is 0. The normalized spacial score (nSPS) is 35.8. The molecule has 0 radical (unpaired) electrons. The molecule has 1 aliphatic rings. The summed E-state index contributed by atoms with van der Waals surface area (Å²) in [6, 6.07) is 0. The van der Waals surface area contributed by atoms with E-state index in [1.54, 1.807) is 0 Å². The van der Waals surface area contributed by atoms with Crippen LogP contribution in [0.15, 0.2) is 11.8 Å². The highest BCUT2D eigenvalue weighted by Gasteiger charge is 2.33. The first-order valence-corrected chi connectivity index (χ1v) is 3.17. The van der Waals surface area contributed by atoms with E-state index in [1.807, 2.05) is 0 Å². The highest BCUT2D eigenvalue weighted by Crippen LogP contribution is 2.16. The van der Waals surface area contributed by atoms with Crippen LogP contribution in [0.3, 0.4) is 0 Å². The molecule has 6 nitrogen and oxygen atoms in total. The van der Waals surface area contributed by atoms with E-state index in [2.05, 4.69) is 4.74 Å². The van der Waals surface area contributed by atoms with Gasteiger partial charge in [0.05, 0.1) is 0 Å². The number of hydrogen-bond acceptors (Lipinski definition) is 5. The van der Waals surface area contributed by atoms with E-state index in [0.29, 0.717) is 0 Å². The molecule has 0 aromatic carbocycles. The van der Waals surface area contributed by atoms with E-state index >= 15 is 0 Å². The second-order valence-corrected chi connectivity index (χ2v) is 2.32. The van der Waals surface area contributed by atoms with Crippen LogP contribution in [0.5, 0.6) is 0 Å². The minimum Gasteiger partial charge on any atom is -0.510 e. The molecule has 68 valence electrons. The smallest absolute Gasteiger partial charge is 0.337 e. The first kappa shape index (κ1) is 8.98. The Bertz CT molecular complexity index is 222. The quantitative estimate of drug-likeness (QED) is 0.391. The molecule has 12 heavy (non-hydrogen) atoms. The number of carbonyl (C=O) groups is 1. The molecule has 0 aromatic rings. The first-order chi connectivity index (χ1) is 5.52.